The quantitative estimate of drug-likeness (QED) is 0.661. The van der Waals surface area contributed by atoms with E-state index in [-0.39, 0.29) is 0 Å². The zero-order valence-corrected chi connectivity index (χ0v) is 14.2. The van der Waals surface area contributed by atoms with Crippen LogP contribution in [0.15, 0.2) is 60.7 Å². The molecule has 2 heteroatoms. The first-order valence-corrected chi connectivity index (χ1v) is 8.34. The Bertz CT molecular complexity index is 532. The predicted molar refractivity (Wildman–Crippen MR) is 96.1 cm³/mol. The molecular formula is C20H29N2+. The van der Waals surface area contributed by atoms with Gasteiger partial charge in [0.1, 0.15) is 0 Å². The monoisotopic (exact) mass is 297 g/mol. The van der Waals surface area contributed by atoms with Gasteiger partial charge in [-0.2, -0.15) is 0 Å². The Morgan fingerprint density at radius 3 is 1.91 bits per heavy atom. The van der Waals surface area contributed by atoms with Gasteiger partial charge >= 0.3 is 0 Å². The molecule has 0 atom stereocenters. The van der Waals surface area contributed by atoms with Gasteiger partial charge in [0.15, 0.2) is 0 Å². The number of para-hydroxylation sites is 1. The SMILES string of the molecule is CC[N+](C)(CC)CCN(Cc1ccccc1)c1ccccc1. The fourth-order valence-corrected chi connectivity index (χ4v) is 2.64. The summed E-state index contributed by atoms with van der Waals surface area (Å²) in [7, 11) is 2.35. The molecule has 0 spiro atoms. The van der Waals surface area contributed by atoms with Crippen LogP contribution < -0.4 is 4.90 Å². The number of nitrogens with zero attached hydrogens (tertiary/aromatic N) is 2. The summed E-state index contributed by atoms with van der Waals surface area (Å²) in [6.07, 6.45) is 0. The van der Waals surface area contributed by atoms with Gasteiger partial charge in [-0.15, -0.1) is 0 Å². The molecule has 0 saturated carbocycles. The Morgan fingerprint density at radius 2 is 1.36 bits per heavy atom. The number of likely N-dealkylation sites (N-methyl/N-ethyl adjacent to an activating group) is 1. The van der Waals surface area contributed by atoms with Gasteiger partial charge in [-0.3, -0.25) is 0 Å². The minimum atomic E-state index is 0.971. The summed E-state index contributed by atoms with van der Waals surface area (Å²) in [6.45, 7) is 10.2. The van der Waals surface area contributed by atoms with E-state index >= 15 is 0 Å². The summed E-state index contributed by atoms with van der Waals surface area (Å²) in [5, 5.41) is 0. The van der Waals surface area contributed by atoms with E-state index in [9.17, 15) is 0 Å². The van der Waals surface area contributed by atoms with E-state index in [4.69, 9.17) is 0 Å². The van der Waals surface area contributed by atoms with Gasteiger partial charge in [0, 0.05) is 12.2 Å². The van der Waals surface area contributed by atoms with Crippen LogP contribution in [0.25, 0.3) is 0 Å². The third kappa shape index (κ3) is 4.60. The van der Waals surface area contributed by atoms with Crippen LogP contribution in [-0.4, -0.2) is 37.7 Å². The normalized spacial score (nSPS) is 11.4. The second-order valence-corrected chi connectivity index (χ2v) is 6.22. The first-order chi connectivity index (χ1) is 10.7. The van der Waals surface area contributed by atoms with Gasteiger partial charge in [-0.05, 0) is 31.5 Å². The summed E-state index contributed by atoms with van der Waals surface area (Å²) < 4.78 is 1.12. The first-order valence-electron chi connectivity index (χ1n) is 8.34. The third-order valence-electron chi connectivity index (χ3n) is 4.77. The maximum absolute atomic E-state index is 2.50. The lowest BCUT2D eigenvalue weighted by Gasteiger charge is -2.35. The molecule has 0 aliphatic carbocycles. The molecule has 0 heterocycles. The minimum absolute atomic E-state index is 0.971. The van der Waals surface area contributed by atoms with Crippen LogP contribution in [0.2, 0.25) is 0 Å². The smallest absolute Gasteiger partial charge is 0.0962 e. The van der Waals surface area contributed by atoms with E-state index in [1.165, 1.54) is 30.9 Å². The van der Waals surface area contributed by atoms with Crippen molar-refractivity contribution in [1.82, 2.24) is 0 Å². The number of hydrogen-bond donors (Lipinski definition) is 0. The van der Waals surface area contributed by atoms with Crippen LogP contribution in [0, 0.1) is 0 Å². The maximum Gasteiger partial charge on any atom is 0.0962 e. The highest BCUT2D eigenvalue weighted by Gasteiger charge is 2.18. The van der Waals surface area contributed by atoms with Crippen molar-refractivity contribution in [1.29, 1.82) is 0 Å². The molecule has 2 aromatic carbocycles. The van der Waals surface area contributed by atoms with E-state index in [0.29, 0.717) is 0 Å². The highest BCUT2D eigenvalue weighted by Crippen LogP contribution is 2.17. The van der Waals surface area contributed by atoms with Crippen LogP contribution >= 0.6 is 0 Å². The van der Waals surface area contributed by atoms with Gasteiger partial charge in [-0.25, -0.2) is 0 Å². The number of anilines is 1. The first kappa shape index (κ1) is 16.6. The van der Waals surface area contributed by atoms with Gasteiger partial charge in [0.2, 0.25) is 0 Å². The van der Waals surface area contributed by atoms with E-state index < -0.39 is 0 Å². The van der Waals surface area contributed by atoms with Gasteiger partial charge < -0.3 is 9.38 Å². The van der Waals surface area contributed by atoms with Crippen molar-refractivity contribution in [2.75, 3.05) is 38.1 Å². The van der Waals surface area contributed by atoms with Crippen molar-refractivity contribution >= 4 is 5.69 Å². The summed E-state index contributed by atoms with van der Waals surface area (Å²) in [4.78, 5) is 2.50. The fraction of sp³-hybridized carbons (Fsp3) is 0.400. The molecule has 0 amide bonds. The number of hydrogen-bond acceptors (Lipinski definition) is 1. The Hall–Kier alpha value is -1.80. The molecule has 0 N–H and O–H groups in total. The second-order valence-electron chi connectivity index (χ2n) is 6.22. The van der Waals surface area contributed by atoms with E-state index in [1.807, 2.05) is 0 Å². The van der Waals surface area contributed by atoms with E-state index in [2.05, 4.69) is 86.5 Å². The van der Waals surface area contributed by atoms with Gasteiger partial charge in [0.05, 0.1) is 33.2 Å². The molecule has 22 heavy (non-hydrogen) atoms. The summed E-state index contributed by atoms with van der Waals surface area (Å²) in [5.74, 6) is 0. The number of rotatable bonds is 8. The van der Waals surface area contributed by atoms with E-state index in [1.54, 1.807) is 0 Å². The van der Waals surface area contributed by atoms with Crippen LogP contribution in [0.3, 0.4) is 0 Å². The molecule has 0 aliphatic heterocycles. The van der Waals surface area contributed by atoms with Gasteiger partial charge in [0.25, 0.3) is 0 Å². The van der Waals surface area contributed by atoms with E-state index in [0.717, 1.165) is 17.6 Å². The third-order valence-corrected chi connectivity index (χ3v) is 4.77. The molecule has 0 aliphatic rings. The number of benzene rings is 2. The lowest BCUT2D eigenvalue weighted by atomic mass is 10.2. The summed E-state index contributed by atoms with van der Waals surface area (Å²) in [6, 6.07) is 21.5. The van der Waals surface area contributed by atoms with Crippen molar-refractivity contribution in [3.8, 4) is 0 Å². The lowest BCUT2D eigenvalue weighted by Crippen LogP contribution is -2.48. The second kappa shape index (κ2) is 8.00. The standard InChI is InChI=1S/C20H29N2/c1-4-22(3,5-2)17-16-21(20-14-10-7-11-15-20)18-19-12-8-6-9-13-19/h6-15H,4-5,16-18H2,1-3H3/q+1. The largest absolute Gasteiger partial charge is 0.362 e. The highest BCUT2D eigenvalue weighted by atomic mass is 15.3. The van der Waals surface area contributed by atoms with Crippen molar-refractivity contribution < 1.29 is 4.48 Å². The Morgan fingerprint density at radius 1 is 0.818 bits per heavy atom. The van der Waals surface area contributed by atoms with Crippen molar-refractivity contribution in [2.45, 2.75) is 20.4 Å². The fourth-order valence-electron chi connectivity index (χ4n) is 2.64. The Balaban J connectivity index is 2.12. The van der Waals surface area contributed by atoms with Crippen LogP contribution in [0.4, 0.5) is 5.69 Å². The van der Waals surface area contributed by atoms with Crippen molar-refractivity contribution in [2.24, 2.45) is 0 Å². The molecule has 0 fully saturated rings. The van der Waals surface area contributed by atoms with Gasteiger partial charge in [-0.1, -0.05) is 48.5 Å². The van der Waals surface area contributed by atoms with Crippen LogP contribution in [-0.2, 0) is 6.54 Å². The molecule has 0 saturated heterocycles. The van der Waals surface area contributed by atoms with Crippen molar-refractivity contribution in [3.63, 3.8) is 0 Å². The summed E-state index contributed by atoms with van der Waals surface area (Å²) >= 11 is 0. The Labute approximate surface area is 135 Å². The maximum atomic E-state index is 2.50. The molecule has 0 radical (unpaired) electrons. The topological polar surface area (TPSA) is 3.24 Å². The molecule has 2 aromatic rings. The minimum Gasteiger partial charge on any atom is -0.362 e. The lowest BCUT2D eigenvalue weighted by molar-refractivity contribution is -0.904. The molecule has 2 nitrogen and oxygen atoms in total. The van der Waals surface area contributed by atoms with Crippen LogP contribution in [0.5, 0.6) is 0 Å². The van der Waals surface area contributed by atoms with Crippen molar-refractivity contribution in [3.05, 3.63) is 66.2 Å². The molecule has 0 aromatic heterocycles. The molecule has 2 rings (SSSR count). The summed E-state index contributed by atoms with van der Waals surface area (Å²) in [5.41, 5.74) is 2.68. The average Bonchev–Trinajstić information content (AvgIpc) is 2.60. The number of quaternary nitrogens is 1. The molecule has 0 unspecified atom stereocenters. The zero-order chi connectivity index (χ0) is 15.8. The zero-order valence-electron chi connectivity index (χ0n) is 14.2. The average molecular weight is 297 g/mol. The molecule has 118 valence electrons. The van der Waals surface area contributed by atoms with Crippen LogP contribution in [0.1, 0.15) is 19.4 Å². The Kier molecular flexibility index (Phi) is 6.02. The molecule has 0 bridgehead atoms. The predicted octanol–water partition coefficient (Wildman–Crippen LogP) is 4.18. The molecular weight excluding hydrogens is 268 g/mol. The highest BCUT2D eigenvalue weighted by molar-refractivity contribution is 5.46.